The zero-order valence-corrected chi connectivity index (χ0v) is 15.0. The second-order valence-electron chi connectivity index (χ2n) is 4.92. The van der Waals surface area contributed by atoms with Crippen molar-refractivity contribution in [3.8, 4) is 0 Å². The number of para-hydroxylation sites is 1. The van der Waals surface area contributed by atoms with Gasteiger partial charge in [-0.25, -0.2) is 9.97 Å². The van der Waals surface area contributed by atoms with Gasteiger partial charge in [-0.15, -0.1) is 0 Å². The van der Waals surface area contributed by atoms with Crippen molar-refractivity contribution in [2.45, 2.75) is 0 Å². The lowest BCUT2D eigenvalue weighted by atomic mass is 10.3. The van der Waals surface area contributed by atoms with Crippen LogP contribution in [0.25, 0.3) is 0 Å². The van der Waals surface area contributed by atoms with E-state index in [9.17, 15) is 10.1 Å². The van der Waals surface area contributed by atoms with E-state index in [2.05, 4.69) is 36.5 Å². The van der Waals surface area contributed by atoms with Crippen LogP contribution in [0, 0.1) is 10.1 Å². The summed E-state index contributed by atoms with van der Waals surface area (Å²) >= 11 is 9.33. The minimum absolute atomic E-state index is 0.0665. The Bertz CT molecular complexity index is 938. The highest BCUT2D eigenvalue weighted by Crippen LogP contribution is 2.34. The summed E-state index contributed by atoms with van der Waals surface area (Å²) in [6, 6.07) is 14.1. The van der Waals surface area contributed by atoms with Gasteiger partial charge in [0.05, 0.1) is 10.6 Å². The van der Waals surface area contributed by atoms with Gasteiger partial charge in [-0.1, -0.05) is 29.8 Å². The first-order valence-electron chi connectivity index (χ1n) is 7.08. The second-order valence-corrected chi connectivity index (χ2v) is 6.21. The zero-order valence-electron chi connectivity index (χ0n) is 12.6. The summed E-state index contributed by atoms with van der Waals surface area (Å²) in [4.78, 5) is 19.0. The minimum Gasteiger partial charge on any atom is -0.334 e. The fourth-order valence-corrected chi connectivity index (χ4v) is 2.70. The number of nitrogens with one attached hydrogen (secondary N) is 2. The van der Waals surface area contributed by atoms with Gasteiger partial charge in [0.2, 0.25) is 11.6 Å². The van der Waals surface area contributed by atoms with E-state index in [1.165, 1.54) is 6.33 Å². The van der Waals surface area contributed by atoms with Crippen molar-refractivity contribution in [3.05, 3.63) is 74.5 Å². The maximum atomic E-state index is 11.6. The lowest BCUT2D eigenvalue weighted by Crippen LogP contribution is -2.05. The van der Waals surface area contributed by atoms with Gasteiger partial charge in [0.15, 0.2) is 0 Å². The molecule has 2 N–H and O–H groups in total. The van der Waals surface area contributed by atoms with Gasteiger partial charge in [-0.2, -0.15) is 0 Å². The summed E-state index contributed by atoms with van der Waals surface area (Å²) in [6.45, 7) is 0. The molecule has 2 aromatic carbocycles. The molecule has 3 aromatic rings. The van der Waals surface area contributed by atoms with Crippen LogP contribution < -0.4 is 10.6 Å². The maximum Gasteiger partial charge on any atom is 0.353 e. The van der Waals surface area contributed by atoms with Gasteiger partial charge < -0.3 is 10.6 Å². The Balaban J connectivity index is 2.00. The Hall–Kier alpha value is -2.71. The van der Waals surface area contributed by atoms with E-state index in [1.54, 1.807) is 30.3 Å². The highest BCUT2D eigenvalue weighted by Gasteiger charge is 2.23. The Morgan fingerprint density at radius 2 is 1.76 bits per heavy atom. The Morgan fingerprint density at radius 1 is 1.04 bits per heavy atom. The van der Waals surface area contributed by atoms with Crippen LogP contribution in [0.4, 0.5) is 28.7 Å². The average molecular weight is 421 g/mol. The highest BCUT2D eigenvalue weighted by atomic mass is 79.9. The van der Waals surface area contributed by atoms with Crippen LogP contribution >= 0.6 is 27.5 Å². The van der Waals surface area contributed by atoms with Gasteiger partial charge >= 0.3 is 5.69 Å². The first-order chi connectivity index (χ1) is 12.0. The summed E-state index contributed by atoms with van der Waals surface area (Å²) in [5, 5.41) is 18.0. The third kappa shape index (κ3) is 4.04. The van der Waals surface area contributed by atoms with Gasteiger partial charge in [0.25, 0.3) is 0 Å². The van der Waals surface area contributed by atoms with Crippen LogP contribution in [0.5, 0.6) is 0 Å². The van der Waals surface area contributed by atoms with Crippen molar-refractivity contribution in [3.63, 3.8) is 0 Å². The SMILES string of the molecule is O=[N+]([O-])c1c(Nc2cccc(Cl)c2)ncnc1Nc1ccccc1Br. The van der Waals surface area contributed by atoms with E-state index < -0.39 is 4.92 Å². The molecule has 0 aliphatic carbocycles. The van der Waals surface area contributed by atoms with Crippen LogP contribution in [0.15, 0.2) is 59.3 Å². The summed E-state index contributed by atoms with van der Waals surface area (Å²) in [5.41, 5.74) is 0.970. The molecule has 0 saturated heterocycles. The van der Waals surface area contributed by atoms with Gasteiger partial charge in [0, 0.05) is 15.2 Å². The van der Waals surface area contributed by atoms with Crippen LogP contribution in [-0.4, -0.2) is 14.9 Å². The van der Waals surface area contributed by atoms with Crippen LogP contribution in [0.1, 0.15) is 0 Å². The largest absolute Gasteiger partial charge is 0.353 e. The van der Waals surface area contributed by atoms with Crippen LogP contribution in [0.2, 0.25) is 5.02 Å². The minimum atomic E-state index is -0.536. The molecule has 1 aromatic heterocycles. The fourth-order valence-electron chi connectivity index (χ4n) is 2.13. The lowest BCUT2D eigenvalue weighted by Gasteiger charge is -2.11. The first-order valence-corrected chi connectivity index (χ1v) is 8.25. The monoisotopic (exact) mass is 419 g/mol. The molecular weight excluding hydrogens is 410 g/mol. The van der Waals surface area contributed by atoms with Crippen molar-refractivity contribution < 1.29 is 4.92 Å². The summed E-state index contributed by atoms with van der Waals surface area (Å²) in [6.07, 6.45) is 1.25. The number of hydrogen-bond acceptors (Lipinski definition) is 6. The van der Waals surface area contributed by atoms with Gasteiger partial charge in [0.1, 0.15) is 6.33 Å². The summed E-state index contributed by atoms with van der Waals surface area (Å²) in [7, 11) is 0. The van der Waals surface area contributed by atoms with Crippen LogP contribution in [0.3, 0.4) is 0 Å². The number of benzene rings is 2. The molecule has 1 heterocycles. The topological polar surface area (TPSA) is 93.0 Å². The number of hydrogen-bond donors (Lipinski definition) is 2. The molecule has 0 aliphatic heterocycles. The molecule has 0 aliphatic rings. The number of nitro groups is 1. The molecule has 0 spiro atoms. The third-order valence-electron chi connectivity index (χ3n) is 3.22. The number of rotatable bonds is 5. The second kappa shape index (κ2) is 7.45. The molecule has 7 nitrogen and oxygen atoms in total. The zero-order chi connectivity index (χ0) is 17.8. The normalized spacial score (nSPS) is 10.3. The van der Waals surface area contributed by atoms with E-state index in [1.807, 2.05) is 18.2 Å². The van der Waals surface area contributed by atoms with Crippen molar-refractivity contribution in [2.24, 2.45) is 0 Å². The molecule has 0 atom stereocenters. The first kappa shape index (κ1) is 17.1. The van der Waals surface area contributed by atoms with E-state index in [0.717, 1.165) is 4.47 Å². The molecule has 0 fully saturated rings. The van der Waals surface area contributed by atoms with Crippen molar-refractivity contribution in [1.29, 1.82) is 0 Å². The molecule has 0 radical (unpaired) electrons. The molecule has 3 rings (SSSR count). The molecule has 0 amide bonds. The van der Waals surface area contributed by atoms with Crippen molar-refractivity contribution >= 4 is 56.2 Å². The smallest absolute Gasteiger partial charge is 0.334 e. The quantitative estimate of drug-likeness (QED) is 0.430. The molecule has 0 bridgehead atoms. The molecular formula is C16H11BrClN5O2. The van der Waals surface area contributed by atoms with E-state index in [-0.39, 0.29) is 17.3 Å². The predicted octanol–water partition coefficient (Wildman–Crippen LogP) is 5.29. The molecule has 9 heteroatoms. The molecule has 0 saturated carbocycles. The number of halogens is 2. The molecule has 0 unspecified atom stereocenters. The van der Waals surface area contributed by atoms with Gasteiger partial charge in [-0.3, -0.25) is 10.1 Å². The van der Waals surface area contributed by atoms with E-state index >= 15 is 0 Å². The Kier molecular flexibility index (Phi) is 5.11. The summed E-state index contributed by atoms with van der Waals surface area (Å²) < 4.78 is 0.757. The fraction of sp³-hybridized carbons (Fsp3) is 0. The Labute approximate surface area is 156 Å². The standard InChI is InChI=1S/C16H11BrClN5O2/c17-12-6-1-2-7-13(12)22-16-14(23(24)25)15(19-9-20-16)21-11-5-3-4-10(18)8-11/h1-9H,(H2,19,20,21,22). The summed E-state index contributed by atoms with van der Waals surface area (Å²) in [5.74, 6) is 0.147. The third-order valence-corrected chi connectivity index (χ3v) is 4.15. The van der Waals surface area contributed by atoms with Gasteiger partial charge in [-0.05, 0) is 46.3 Å². The number of nitrogens with zero attached hydrogens (tertiary/aromatic N) is 3. The molecule has 25 heavy (non-hydrogen) atoms. The van der Waals surface area contributed by atoms with E-state index in [4.69, 9.17) is 11.6 Å². The lowest BCUT2D eigenvalue weighted by molar-refractivity contribution is -0.383. The number of aromatic nitrogens is 2. The van der Waals surface area contributed by atoms with Crippen molar-refractivity contribution in [2.75, 3.05) is 10.6 Å². The Morgan fingerprint density at radius 3 is 2.44 bits per heavy atom. The molecule has 126 valence electrons. The van der Waals surface area contributed by atoms with Crippen LogP contribution in [-0.2, 0) is 0 Å². The van der Waals surface area contributed by atoms with Crippen molar-refractivity contribution in [1.82, 2.24) is 9.97 Å². The van der Waals surface area contributed by atoms with E-state index in [0.29, 0.717) is 16.4 Å². The number of anilines is 4. The predicted molar refractivity (Wildman–Crippen MR) is 101 cm³/mol. The highest BCUT2D eigenvalue weighted by molar-refractivity contribution is 9.10. The maximum absolute atomic E-state index is 11.6. The average Bonchev–Trinajstić information content (AvgIpc) is 2.57.